The van der Waals surface area contributed by atoms with Crippen LogP contribution in [0.5, 0.6) is 0 Å². The molecule has 7 aromatic carbocycles. The largest absolute Gasteiger partial charge is 0.307 e. The molecule has 2 heterocycles. The van der Waals surface area contributed by atoms with Crippen LogP contribution in [-0.2, 0) is 0 Å². The van der Waals surface area contributed by atoms with E-state index in [-0.39, 0.29) is 0 Å². The Morgan fingerprint density at radius 1 is 0.385 bits per heavy atom. The minimum Gasteiger partial charge on any atom is -0.307 e. The summed E-state index contributed by atoms with van der Waals surface area (Å²) in [6, 6.07) is 52.0. The average molecular weight is 667 g/mol. The van der Waals surface area contributed by atoms with Gasteiger partial charge in [0.25, 0.3) is 0 Å². The Morgan fingerprint density at radius 3 is 0.923 bits per heavy atom. The third-order valence-electron chi connectivity index (χ3n) is 10.3. The fraction of sp³-hybridized carbons (Fsp3) is 0.0833. The van der Waals surface area contributed by atoms with Crippen LogP contribution in [0.3, 0.4) is 0 Å². The Bertz CT molecular complexity index is 2680. The average Bonchev–Trinajstić information content (AvgIpc) is 3.65. The molecule has 0 aliphatic rings. The number of hydrogen-bond acceptors (Lipinski definition) is 2. The van der Waals surface area contributed by atoms with Crippen molar-refractivity contribution < 1.29 is 0 Å². The second-order valence-electron chi connectivity index (χ2n) is 13.9. The van der Waals surface area contributed by atoms with Gasteiger partial charge in [-0.15, -0.1) is 0 Å². The first kappa shape index (κ1) is 31.1. The predicted octanol–water partition coefficient (Wildman–Crippen LogP) is 12.2. The summed E-state index contributed by atoms with van der Waals surface area (Å²) in [7, 11) is 0. The van der Waals surface area contributed by atoms with E-state index >= 15 is 0 Å². The molecule has 0 N–H and O–H groups in total. The van der Waals surface area contributed by atoms with Gasteiger partial charge < -0.3 is 9.13 Å². The van der Waals surface area contributed by atoms with Gasteiger partial charge in [0, 0.05) is 32.7 Å². The molecule has 52 heavy (non-hydrogen) atoms. The van der Waals surface area contributed by atoms with Crippen LogP contribution < -0.4 is 0 Å². The standard InChI is InChI=1S/C48H34N4/c1-29-21-30(2)24-33(23-29)45-39(27-49)40(28-50)46(34-25-31(3)22-32(4)26-34)48(52-43-19-11-7-15-37(43)38-16-8-12-20-44(38)52)47(45)51-41-17-9-5-13-35(41)36-14-6-10-18-42(36)51/h5-26H,1-4H3. The van der Waals surface area contributed by atoms with Gasteiger partial charge >= 0.3 is 0 Å². The van der Waals surface area contributed by atoms with E-state index in [2.05, 4.69) is 182 Å². The van der Waals surface area contributed by atoms with Crippen LogP contribution in [0, 0.1) is 50.4 Å². The van der Waals surface area contributed by atoms with Crippen molar-refractivity contribution in [3.8, 4) is 45.8 Å². The molecule has 4 heteroatoms. The lowest BCUT2D eigenvalue weighted by Gasteiger charge is -2.26. The van der Waals surface area contributed by atoms with E-state index < -0.39 is 0 Å². The highest BCUT2D eigenvalue weighted by Gasteiger charge is 2.31. The second-order valence-corrected chi connectivity index (χ2v) is 13.9. The maximum atomic E-state index is 11.3. The van der Waals surface area contributed by atoms with Crippen LogP contribution in [0.2, 0.25) is 0 Å². The van der Waals surface area contributed by atoms with E-state index in [9.17, 15) is 10.5 Å². The van der Waals surface area contributed by atoms with Crippen LogP contribution in [-0.4, -0.2) is 9.13 Å². The number of aromatic nitrogens is 2. The van der Waals surface area contributed by atoms with Gasteiger partial charge in [0.15, 0.2) is 0 Å². The predicted molar refractivity (Wildman–Crippen MR) is 214 cm³/mol. The zero-order valence-corrected chi connectivity index (χ0v) is 29.5. The molecule has 0 saturated carbocycles. The van der Waals surface area contributed by atoms with Gasteiger partial charge in [-0.2, -0.15) is 10.5 Å². The summed E-state index contributed by atoms with van der Waals surface area (Å²) in [5, 5.41) is 27.1. The second kappa shape index (κ2) is 11.9. The van der Waals surface area contributed by atoms with Crippen molar-refractivity contribution in [2.24, 2.45) is 0 Å². The number of nitriles is 2. The summed E-state index contributed by atoms with van der Waals surface area (Å²) >= 11 is 0. The van der Waals surface area contributed by atoms with E-state index in [1.165, 1.54) is 0 Å². The minimum absolute atomic E-state index is 0.364. The first-order valence-electron chi connectivity index (χ1n) is 17.6. The first-order valence-corrected chi connectivity index (χ1v) is 17.6. The number of para-hydroxylation sites is 4. The number of rotatable bonds is 4. The van der Waals surface area contributed by atoms with Crippen LogP contribution in [0.4, 0.5) is 0 Å². The minimum atomic E-state index is 0.364. The maximum Gasteiger partial charge on any atom is 0.101 e. The van der Waals surface area contributed by atoms with Gasteiger partial charge in [0.2, 0.25) is 0 Å². The summed E-state index contributed by atoms with van der Waals surface area (Å²) in [6.07, 6.45) is 0. The molecule has 2 aromatic heterocycles. The van der Waals surface area contributed by atoms with Crippen LogP contribution in [0.25, 0.3) is 77.2 Å². The van der Waals surface area contributed by atoms with Crippen molar-refractivity contribution >= 4 is 43.6 Å². The molecule has 0 saturated heterocycles. The monoisotopic (exact) mass is 666 g/mol. The summed E-state index contributed by atoms with van der Waals surface area (Å²) in [5.74, 6) is 0. The van der Waals surface area contributed by atoms with Gasteiger partial charge in [0.05, 0.1) is 44.6 Å². The lowest BCUT2D eigenvalue weighted by atomic mass is 9.85. The van der Waals surface area contributed by atoms with Gasteiger partial charge in [0.1, 0.15) is 12.1 Å². The summed E-state index contributed by atoms with van der Waals surface area (Å²) in [6.45, 7) is 8.36. The van der Waals surface area contributed by atoms with Gasteiger partial charge in [-0.3, -0.25) is 0 Å². The van der Waals surface area contributed by atoms with E-state index in [4.69, 9.17) is 0 Å². The maximum absolute atomic E-state index is 11.3. The fourth-order valence-electron chi connectivity index (χ4n) is 8.51. The van der Waals surface area contributed by atoms with E-state index in [0.717, 1.165) is 99.5 Å². The number of nitrogens with zero attached hydrogens (tertiary/aromatic N) is 4. The fourth-order valence-corrected chi connectivity index (χ4v) is 8.51. The molecule has 0 unspecified atom stereocenters. The molecule has 0 amide bonds. The number of fused-ring (bicyclic) bond motifs is 6. The van der Waals surface area contributed by atoms with E-state index in [1.54, 1.807) is 0 Å². The van der Waals surface area contributed by atoms with Crippen molar-refractivity contribution in [1.29, 1.82) is 10.5 Å². The molecule has 0 aliphatic heterocycles. The molecule has 0 spiro atoms. The molecule has 4 nitrogen and oxygen atoms in total. The normalized spacial score (nSPS) is 11.4. The molecule has 0 bridgehead atoms. The zero-order valence-electron chi connectivity index (χ0n) is 29.5. The Labute approximate surface area is 302 Å². The number of aryl methyl sites for hydroxylation is 4. The Hall–Kier alpha value is -6.88. The van der Waals surface area contributed by atoms with Gasteiger partial charge in [-0.05, 0) is 63.1 Å². The number of hydrogen-bond donors (Lipinski definition) is 0. The number of benzene rings is 7. The SMILES string of the molecule is Cc1cc(C)cc(-c2c(C#N)c(C#N)c(-c3cc(C)cc(C)c3)c(-n3c4ccccc4c4ccccc43)c2-n2c3ccccc3c3ccccc32)c1. The van der Waals surface area contributed by atoms with E-state index in [1.807, 2.05) is 0 Å². The lowest BCUT2D eigenvalue weighted by Crippen LogP contribution is -2.12. The smallest absolute Gasteiger partial charge is 0.101 e. The third kappa shape index (κ3) is 4.59. The molecular weight excluding hydrogens is 633 g/mol. The molecule has 0 atom stereocenters. The van der Waals surface area contributed by atoms with Crippen molar-refractivity contribution in [3.63, 3.8) is 0 Å². The molecule has 0 fully saturated rings. The van der Waals surface area contributed by atoms with E-state index in [0.29, 0.717) is 11.1 Å². The van der Waals surface area contributed by atoms with Crippen molar-refractivity contribution in [2.75, 3.05) is 0 Å². The molecule has 9 rings (SSSR count). The summed E-state index contributed by atoms with van der Waals surface area (Å²) < 4.78 is 4.68. The highest BCUT2D eigenvalue weighted by molar-refractivity contribution is 6.14. The summed E-state index contributed by atoms with van der Waals surface area (Å²) in [4.78, 5) is 0. The van der Waals surface area contributed by atoms with Crippen LogP contribution in [0.1, 0.15) is 33.4 Å². The van der Waals surface area contributed by atoms with Crippen molar-refractivity contribution in [3.05, 3.63) is 167 Å². The summed E-state index contributed by atoms with van der Waals surface area (Å²) in [5.41, 5.74) is 14.2. The van der Waals surface area contributed by atoms with Crippen LogP contribution >= 0.6 is 0 Å². The van der Waals surface area contributed by atoms with Gasteiger partial charge in [-0.1, -0.05) is 131 Å². The Kier molecular flexibility index (Phi) is 7.11. The molecule has 246 valence electrons. The molecule has 0 aliphatic carbocycles. The molecule has 0 radical (unpaired) electrons. The van der Waals surface area contributed by atoms with Crippen LogP contribution in [0.15, 0.2) is 133 Å². The Morgan fingerprint density at radius 2 is 0.654 bits per heavy atom. The Balaban J connectivity index is 1.67. The topological polar surface area (TPSA) is 57.4 Å². The molecule has 9 aromatic rings. The highest BCUT2D eigenvalue weighted by Crippen LogP contribution is 2.49. The zero-order chi connectivity index (χ0) is 35.7. The van der Waals surface area contributed by atoms with Crippen molar-refractivity contribution in [1.82, 2.24) is 9.13 Å². The van der Waals surface area contributed by atoms with Crippen molar-refractivity contribution in [2.45, 2.75) is 27.7 Å². The highest BCUT2D eigenvalue weighted by atomic mass is 15.1. The third-order valence-corrected chi connectivity index (χ3v) is 10.3. The van der Waals surface area contributed by atoms with Gasteiger partial charge in [-0.25, -0.2) is 0 Å². The molecular formula is C48H34N4. The quantitative estimate of drug-likeness (QED) is 0.188. The lowest BCUT2D eigenvalue weighted by molar-refractivity contribution is 1.09. The first-order chi connectivity index (χ1) is 25.4.